The van der Waals surface area contributed by atoms with E-state index in [-0.39, 0.29) is 17.5 Å². The molecule has 0 aromatic heterocycles. The van der Waals surface area contributed by atoms with Crippen molar-refractivity contribution in [2.24, 2.45) is 0 Å². The van der Waals surface area contributed by atoms with Crippen LogP contribution in [0.5, 0.6) is 5.75 Å². The maximum Gasteiger partial charge on any atom is 0.416 e. The highest BCUT2D eigenvalue weighted by Crippen LogP contribution is 2.29. The summed E-state index contributed by atoms with van der Waals surface area (Å²) in [6.07, 6.45) is -2.65. The number of hydrogen-bond acceptors (Lipinski definition) is 3. The number of anilines is 1. The van der Waals surface area contributed by atoms with Gasteiger partial charge in [-0.25, -0.2) is 0 Å². The van der Waals surface area contributed by atoms with Crippen molar-refractivity contribution < 1.29 is 22.7 Å². The molecule has 1 aliphatic rings. The fraction of sp³-hybridized carbons (Fsp3) is 0.350. The van der Waals surface area contributed by atoms with E-state index in [0.717, 1.165) is 36.4 Å². The molecule has 2 aromatic rings. The number of carbonyl (C=O) groups is 1. The van der Waals surface area contributed by atoms with E-state index >= 15 is 0 Å². The van der Waals surface area contributed by atoms with Gasteiger partial charge in [0, 0.05) is 30.4 Å². The predicted octanol–water partition coefficient (Wildman–Crippen LogP) is 4.43. The van der Waals surface area contributed by atoms with E-state index in [1.807, 2.05) is 24.3 Å². The Labute approximate surface area is 155 Å². The van der Waals surface area contributed by atoms with Crippen molar-refractivity contribution in [3.8, 4) is 5.75 Å². The number of hydrogen-bond donors (Lipinski definition) is 1. The van der Waals surface area contributed by atoms with Crippen LogP contribution < -0.4 is 10.1 Å². The minimum absolute atomic E-state index is 0.0885. The Morgan fingerprint density at radius 2 is 1.78 bits per heavy atom. The number of amides is 1. The molecule has 0 radical (unpaired) electrons. The molecule has 144 valence electrons. The van der Waals surface area contributed by atoms with Gasteiger partial charge in [0.15, 0.2) is 0 Å². The molecule has 1 amide bonds. The lowest BCUT2D eigenvalue weighted by atomic mass is 10.0. The van der Waals surface area contributed by atoms with E-state index in [1.165, 1.54) is 12.1 Å². The van der Waals surface area contributed by atoms with Gasteiger partial charge < -0.3 is 15.0 Å². The first-order chi connectivity index (χ1) is 12.9. The van der Waals surface area contributed by atoms with E-state index in [9.17, 15) is 18.0 Å². The van der Waals surface area contributed by atoms with Gasteiger partial charge in [-0.05, 0) is 61.4 Å². The third-order valence-electron chi connectivity index (χ3n) is 4.63. The number of rotatable bonds is 4. The number of benzene rings is 2. The van der Waals surface area contributed by atoms with Crippen molar-refractivity contribution in [1.82, 2.24) is 4.90 Å². The molecule has 0 aliphatic carbocycles. The average molecular weight is 378 g/mol. The van der Waals surface area contributed by atoms with Crippen LogP contribution in [0.3, 0.4) is 0 Å². The van der Waals surface area contributed by atoms with Crippen LogP contribution in [0.15, 0.2) is 48.5 Å². The summed E-state index contributed by atoms with van der Waals surface area (Å²) in [6.45, 7) is 1.10. The standard InChI is InChI=1S/C20H21F3N2O2/c1-27-18-10-8-16(9-11-18)24-17-3-2-12-25(13-17)19(26)14-4-6-15(7-5-14)20(21,22)23/h4-11,17,24H,2-3,12-13H2,1H3/t17-/m1/s1. The van der Waals surface area contributed by atoms with Crippen molar-refractivity contribution in [1.29, 1.82) is 0 Å². The number of alkyl halides is 3. The highest BCUT2D eigenvalue weighted by molar-refractivity contribution is 5.94. The molecule has 2 aromatic carbocycles. The second-order valence-corrected chi connectivity index (χ2v) is 6.54. The summed E-state index contributed by atoms with van der Waals surface area (Å²) < 4.78 is 43.1. The average Bonchev–Trinajstić information content (AvgIpc) is 2.68. The van der Waals surface area contributed by atoms with Gasteiger partial charge in [0.2, 0.25) is 0 Å². The van der Waals surface area contributed by atoms with Crippen molar-refractivity contribution >= 4 is 11.6 Å². The van der Waals surface area contributed by atoms with E-state index in [2.05, 4.69) is 5.32 Å². The number of piperidine rings is 1. The summed E-state index contributed by atoms with van der Waals surface area (Å²) in [6, 6.07) is 12.0. The number of methoxy groups -OCH3 is 1. The molecule has 27 heavy (non-hydrogen) atoms. The number of nitrogens with one attached hydrogen (secondary N) is 1. The molecule has 1 saturated heterocycles. The molecule has 0 bridgehead atoms. The lowest BCUT2D eigenvalue weighted by Crippen LogP contribution is -2.45. The maximum absolute atomic E-state index is 12.7. The largest absolute Gasteiger partial charge is 0.497 e. The lowest BCUT2D eigenvalue weighted by molar-refractivity contribution is -0.137. The summed E-state index contributed by atoms with van der Waals surface area (Å²) in [5, 5.41) is 3.40. The predicted molar refractivity (Wildman–Crippen MR) is 97.0 cm³/mol. The summed E-state index contributed by atoms with van der Waals surface area (Å²) in [4.78, 5) is 14.3. The van der Waals surface area contributed by atoms with Crippen LogP contribution in [0.25, 0.3) is 0 Å². The molecule has 1 fully saturated rings. The Balaban J connectivity index is 1.63. The van der Waals surface area contributed by atoms with Crippen LogP contribution in [-0.2, 0) is 6.18 Å². The number of likely N-dealkylation sites (tertiary alicyclic amines) is 1. The van der Waals surface area contributed by atoms with E-state index in [0.29, 0.717) is 13.1 Å². The zero-order chi connectivity index (χ0) is 19.4. The first kappa shape index (κ1) is 19.1. The normalized spacial score (nSPS) is 17.5. The fourth-order valence-electron chi connectivity index (χ4n) is 3.19. The molecule has 1 atom stereocenters. The summed E-state index contributed by atoms with van der Waals surface area (Å²) in [5.74, 6) is 0.522. The van der Waals surface area contributed by atoms with Gasteiger partial charge >= 0.3 is 6.18 Å². The van der Waals surface area contributed by atoms with Gasteiger partial charge in [0.25, 0.3) is 5.91 Å². The minimum Gasteiger partial charge on any atom is -0.497 e. The molecule has 1 aliphatic heterocycles. The lowest BCUT2D eigenvalue weighted by Gasteiger charge is -2.34. The molecular formula is C20H21F3N2O2. The van der Waals surface area contributed by atoms with Gasteiger partial charge in [-0.1, -0.05) is 0 Å². The summed E-state index contributed by atoms with van der Waals surface area (Å²) in [5.41, 5.74) is 0.453. The first-order valence-corrected chi connectivity index (χ1v) is 8.74. The van der Waals surface area contributed by atoms with Crippen LogP contribution in [0.2, 0.25) is 0 Å². The first-order valence-electron chi connectivity index (χ1n) is 8.74. The molecule has 7 heteroatoms. The summed E-state index contributed by atoms with van der Waals surface area (Å²) in [7, 11) is 1.61. The van der Waals surface area contributed by atoms with Gasteiger partial charge in [-0.3, -0.25) is 4.79 Å². The molecular weight excluding hydrogens is 357 g/mol. The Hall–Kier alpha value is -2.70. The third-order valence-corrected chi connectivity index (χ3v) is 4.63. The Morgan fingerprint density at radius 1 is 1.11 bits per heavy atom. The van der Waals surface area contributed by atoms with Crippen LogP contribution in [-0.4, -0.2) is 37.0 Å². The molecule has 4 nitrogen and oxygen atoms in total. The maximum atomic E-state index is 12.7. The SMILES string of the molecule is COc1ccc(N[C@@H]2CCCN(C(=O)c3ccc(C(F)(F)F)cc3)C2)cc1. The second kappa shape index (κ2) is 7.90. The smallest absolute Gasteiger partial charge is 0.416 e. The zero-order valence-electron chi connectivity index (χ0n) is 14.9. The third kappa shape index (κ3) is 4.72. The Kier molecular flexibility index (Phi) is 5.58. The molecule has 3 rings (SSSR count). The zero-order valence-corrected chi connectivity index (χ0v) is 14.9. The quantitative estimate of drug-likeness (QED) is 0.856. The fourth-order valence-corrected chi connectivity index (χ4v) is 3.19. The molecule has 1 N–H and O–H groups in total. The van der Waals surface area contributed by atoms with E-state index in [4.69, 9.17) is 4.74 Å². The second-order valence-electron chi connectivity index (χ2n) is 6.54. The highest BCUT2D eigenvalue weighted by Gasteiger charge is 2.31. The molecule has 0 unspecified atom stereocenters. The molecule has 1 heterocycles. The monoisotopic (exact) mass is 378 g/mol. The van der Waals surface area contributed by atoms with Crippen LogP contribution in [0.1, 0.15) is 28.8 Å². The molecule has 0 saturated carbocycles. The highest BCUT2D eigenvalue weighted by atomic mass is 19.4. The van der Waals surface area contributed by atoms with E-state index in [1.54, 1.807) is 12.0 Å². The minimum atomic E-state index is -4.40. The van der Waals surface area contributed by atoms with Crippen molar-refractivity contribution in [2.45, 2.75) is 25.1 Å². The van der Waals surface area contributed by atoms with Crippen LogP contribution in [0.4, 0.5) is 18.9 Å². The van der Waals surface area contributed by atoms with E-state index < -0.39 is 11.7 Å². The summed E-state index contributed by atoms with van der Waals surface area (Å²) >= 11 is 0. The van der Waals surface area contributed by atoms with Crippen LogP contribution >= 0.6 is 0 Å². The van der Waals surface area contributed by atoms with Crippen LogP contribution in [0, 0.1) is 0 Å². The topological polar surface area (TPSA) is 41.6 Å². The Bertz CT molecular complexity index is 773. The number of halogens is 3. The number of nitrogens with zero attached hydrogens (tertiary/aromatic N) is 1. The van der Waals surface area contributed by atoms with Crippen molar-refractivity contribution in [3.63, 3.8) is 0 Å². The van der Waals surface area contributed by atoms with Gasteiger partial charge in [-0.2, -0.15) is 13.2 Å². The van der Waals surface area contributed by atoms with Gasteiger partial charge in [-0.15, -0.1) is 0 Å². The number of ether oxygens (including phenoxy) is 1. The van der Waals surface area contributed by atoms with Crippen molar-refractivity contribution in [3.05, 3.63) is 59.7 Å². The van der Waals surface area contributed by atoms with Crippen molar-refractivity contribution in [2.75, 3.05) is 25.5 Å². The molecule has 0 spiro atoms. The van der Waals surface area contributed by atoms with Gasteiger partial charge in [0.1, 0.15) is 5.75 Å². The Morgan fingerprint density at radius 3 is 2.37 bits per heavy atom. The number of carbonyl (C=O) groups excluding carboxylic acids is 1. The van der Waals surface area contributed by atoms with Gasteiger partial charge in [0.05, 0.1) is 12.7 Å².